The van der Waals surface area contributed by atoms with E-state index >= 15 is 0 Å². The Morgan fingerprint density at radius 2 is 1.78 bits per heavy atom. The predicted octanol–water partition coefficient (Wildman–Crippen LogP) is 1.39. The zero-order valence-corrected chi connectivity index (χ0v) is 23.0. The molecule has 3 aromatic rings. The van der Waals surface area contributed by atoms with Gasteiger partial charge in [0.2, 0.25) is 11.9 Å². The molecular formula is C28H31N6O7+. The number of H-pyrrole nitrogens is 1. The van der Waals surface area contributed by atoms with Gasteiger partial charge in [-0.05, 0) is 13.0 Å². The first-order chi connectivity index (χ1) is 19.5. The average Bonchev–Trinajstić information content (AvgIpc) is 2.90. The number of carbonyl (C=O) groups is 4. The van der Waals surface area contributed by atoms with E-state index in [0.29, 0.717) is 6.54 Å². The molecule has 3 N–H and O–H groups in total. The molecule has 0 spiro atoms. The Labute approximate surface area is 235 Å². The number of hydrogen-bond donors (Lipinski definition) is 3. The fourth-order valence-corrected chi connectivity index (χ4v) is 4.70. The number of nitrogens with one attached hydrogen (secondary N) is 3. The fraction of sp³-hybridized carbons (Fsp3) is 0.321. The Morgan fingerprint density at radius 3 is 2.44 bits per heavy atom. The van der Waals surface area contributed by atoms with Crippen LogP contribution in [-0.4, -0.2) is 58.5 Å². The van der Waals surface area contributed by atoms with Gasteiger partial charge in [0.05, 0.1) is 6.04 Å². The maximum Gasteiger partial charge on any atom is 0.303 e. The second-order valence-corrected chi connectivity index (χ2v) is 9.56. The van der Waals surface area contributed by atoms with Crippen LogP contribution >= 0.6 is 0 Å². The topological polar surface area (TPSA) is 164 Å². The number of aromatic amines is 1. The molecular weight excluding hydrogens is 532 g/mol. The number of aromatic nitrogens is 3. The third kappa shape index (κ3) is 6.93. The van der Waals surface area contributed by atoms with E-state index in [1.165, 1.54) is 32.6 Å². The van der Waals surface area contributed by atoms with E-state index in [1.807, 2.05) is 41.1 Å². The molecule has 0 saturated carbocycles. The fourth-order valence-electron chi connectivity index (χ4n) is 4.70. The Balaban J connectivity index is 1.81. The second kappa shape index (κ2) is 12.4. The van der Waals surface area contributed by atoms with Crippen LogP contribution in [0.1, 0.15) is 43.6 Å². The Bertz CT molecular complexity index is 1520. The summed E-state index contributed by atoms with van der Waals surface area (Å²) in [5.74, 6) is -2.37. The highest BCUT2D eigenvalue weighted by Crippen LogP contribution is 2.31. The summed E-state index contributed by atoms with van der Waals surface area (Å²) in [5.41, 5.74) is 0.391. The number of benzene rings is 1. The molecule has 1 aliphatic heterocycles. The molecule has 41 heavy (non-hydrogen) atoms. The van der Waals surface area contributed by atoms with Crippen molar-refractivity contribution in [2.45, 2.75) is 52.5 Å². The third-order valence-electron chi connectivity index (χ3n) is 6.27. The molecule has 1 aliphatic rings. The number of fused-ring (bicyclic) bond motifs is 1. The highest BCUT2D eigenvalue weighted by molar-refractivity contribution is 6.08. The lowest BCUT2D eigenvalue weighted by Gasteiger charge is -2.41. The van der Waals surface area contributed by atoms with Gasteiger partial charge in [-0.2, -0.15) is 9.55 Å². The number of nitrogens with zero attached hydrogens (tertiary/aromatic N) is 3. The highest BCUT2D eigenvalue weighted by Gasteiger charge is 2.44. The van der Waals surface area contributed by atoms with Crippen LogP contribution < -0.4 is 25.7 Å². The van der Waals surface area contributed by atoms with Crippen LogP contribution in [-0.2, 0) is 30.4 Å². The van der Waals surface area contributed by atoms with Crippen molar-refractivity contribution in [2.75, 3.05) is 22.1 Å². The van der Waals surface area contributed by atoms with E-state index in [-0.39, 0.29) is 29.6 Å². The van der Waals surface area contributed by atoms with Crippen molar-refractivity contribution in [1.82, 2.24) is 9.97 Å². The molecule has 0 radical (unpaired) electrons. The normalized spacial score (nSPS) is 15.5. The molecule has 4 rings (SSSR count). The maximum atomic E-state index is 14.2. The number of esters is 2. The van der Waals surface area contributed by atoms with Gasteiger partial charge in [0.15, 0.2) is 36.5 Å². The summed E-state index contributed by atoms with van der Waals surface area (Å²) in [6.07, 6.45) is 1.35. The molecule has 0 bridgehead atoms. The summed E-state index contributed by atoms with van der Waals surface area (Å²) in [6, 6.07) is 12.0. The van der Waals surface area contributed by atoms with Crippen molar-refractivity contribution in [2.24, 2.45) is 0 Å². The van der Waals surface area contributed by atoms with Crippen LogP contribution in [0.3, 0.4) is 0 Å². The lowest BCUT2D eigenvalue weighted by molar-refractivity contribution is -0.688. The first-order valence-electron chi connectivity index (χ1n) is 12.9. The average molecular weight is 564 g/mol. The minimum absolute atomic E-state index is 0.0187. The van der Waals surface area contributed by atoms with Crippen molar-refractivity contribution in [3.05, 3.63) is 76.3 Å². The summed E-state index contributed by atoms with van der Waals surface area (Å²) in [4.78, 5) is 71.0. The van der Waals surface area contributed by atoms with Crippen LogP contribution in [0.4, 0.5) is 17.5 Å². The van der Waals surface area contributed by atoms with Crippen LogP contribution in [0.25, 0.3) is 0 Å². The summed E-state index contributed by atoms with van der Waals surface area (Å²) in [5, 5.41) is 5.42. The third-order valence-corrected chi connectivity index (χ3v) is 6.27. The molecule has 0 unspecified atom stereocenters. The first-order valence-corrected chi connectivity index (χ1v) is 12.9. The molecule has 2 amide bonds. The van der Waals surface area contributed by atoms with E-state index in [1.54, 1.807) is 18.3 Å². The first kappa shape index (κ1) is 28.9. The van der Waals surface area contributed by atoms with Crippen molar-refractivity contribution in [3.63, 3.8) is 0 Å². The van der Waals surface area contributed by atoms with Gasteiger partial charge >= 0.3 is 11.9 Å². The van der Waals surface area contributed by atoms with Crippen molar-refractivity contribution in [3.8, 4) is 0 Å². The number of hydrogen-bond acceptors (Lipinski definition) is 9. The lowest BCUT2D eigenvalue weighted by atomic mass is 10.00. The molecule has 3 heterocycles. The van der Waals surface area contributed by atoms with Crippen LogP contribution in [0.2, 0.25) is 0 Å². The lowest BCUT2D eigenvalue weighted by Crippen LogP contribution is -2.59. The minimum Gasteiger partial charge on any atom is -0.459 e. The quantitative estimate of drug-likeness (QED) is 0.271. The Hall–Kier alpha value is -5.07. The number of carbonyl (C=O) groups excluding carboxylic acids is 4. The minimum atomic E-state index is -1.14. The molecule has 0 aliphatic carbocycles. The highest BCUT2D eigenvalue weighted by atomic mass is 16.6. The zero-order valence-electron chi connectivity index (χ0n) is 23.0. The molecule has 2 aromatic heterocycles. The number of amides is 2. The molecule has 3 atom stereocenters. The predicted molar refractivity (Wildman–Crippen MR) is 147 cm³/mol. The zero-order chi connectivity index (χ0) is 29.7. The van der Waals surface area contributed by atoms with E-state index in [0.717, 1.165) is 5.56 Å². The van der Waals surface area contributed by atoms with Crippen molar-refractivity contribution < 1.29 is 33.2 Å². The molecule has 0 fully saturated rings. The number of rotatable bonds is 8. The Morgan fingerprint density at radius 1 is 1.07 bits per heavy atom. The van der Waals surface area contributed by atoms with E-state index in [2.05, 4.69) is 20.6 Å². The number of pyridine rings is 1. The van der Waals surface area contributed by atoms with Gasteiger partial charge in [-0.15, -0.1) is 0 Å². The van der Waals surface area contributed by atoms with E-state index in [4.69, 9.17) is 9.47 Å². The van der Waals surface area contributed by atoms with E-state index in [9.17, 15) is 24.0 Å². The SMILES string of the molecule is CC(=O)Nc1nc2c(c(=O)[nH]1)N(C(=O)c1ccc[n+](Cc3ccccc3)c1)[C@@H]([C@@H](OC(C)=O)[C@H](C)OC(C)=O)CN2. The van der Waals surface area contributed by atoms with Gasteiger partial charge in [-0.1, -0.05) is 30.3 Å². The Kier molecular flexibility index (Phi) is 8.75. The monoisotopic (exact) mass is 563 g/mol. The number of anilines is 3. The molecule has 214 valence electrons. The van der Waals surface area contributed by atoms with Crippen LogP contribution in [0.5, 0.6) is 0 Å². The van der Waals surface area contributed by atoms with Gasteiger partial charge in [0, 0.05) is 38.9 Å². The summed E-state index contributed by atoms with van der Waals surface area (Å²) in [7, 11) is 0. The molecule has 13 nitrogen and oxygen atoms in total. The summed E-state index contributed by atoms with van der Waals surface area (Å²) < 4.78 is 12.7. The standard InChI is InChI=1S/C28H30N6O7/c1-16(40-18(3)36)24(41-19(4)37)22-13-29-25-23(26(38)32-28(31-25)30-17(2)35)34(22)27(39)21-11-8-12-33(15-21)14-20-9-6-5-7-10-20/h5-12,15-16,22,24H,13-14H2,1-4H3,(H2-,29,30,31,32,35,38)/p+1/t16-,22+,24-/m0/s1. The van der Waals surface area contributed by atoms with Gasteiger partial charge in [0.1, 0.15) is 11.7 Å². The van der Waals surface area contributed by atoms with Gasteiger partial charge in [-0.3, -0.25) is 39.2 Å². The van der Waals surface area contributed by atoms with Crippen LogP contribution in [0, 0.1) is 0 Å². The molecule has 0 saturated heterocycles. The smallest absolute Gasteiger partial charge is 0.303 e. The van der Waals surface area contributed by atoms with Gasteiger partial charge < -0.3 is 14.8 Å². The van der Waals surface area contributed by atoms with Crippen LogP contribution in [0.15, 0.2) is 59.7 Å². The molecule has 1 aromatic carbocycles. The van der Waals surface area contributed by atoms with Gasteiger partial charge in [0.25, 0.3) is 11.5 Å². The van der Waals surface area contributed by atoms with Crippen molar-refractivity contribution >= 4 is 41.2 Å². The van der Waals surface area contributed by atoms with Crippen molar-refractivity contribution in [1.29, 1.82) is 0 Å². The maximum absolute atomic E-state index is 14.2. The van der Waals surface area contributed by atoms with E-state index < -0.39 is 47.6 Å². The second-order valence-electron chi connectivity index (χ2n) is 9.56. The molecule has 13 heteroatoms. The summed E-state index contributed by atoms with van der Waals surface area (Å²) >= 11 is 0. The number of ether oxygens (including phenoxy) is 2. The summed E-state index contributed by atoms with van der Waals surface area (Å²) in [6.45, 7) is 5.68. The van der Waals surface area contributed by atoms with Gasteiger partial charge in [-0.25, -0.2) is 0 Å². The largest absolute Gasteiger partial charge is 0.459 e.